The molecule has 1 aliphatic rings. The van der Waals surface area contributed by atoms with Gasteiger partial charge in [0.05, 0.1) is 25.4 Å². The van der Waals surface area contributed by atoms with Crippen molar-refractivity contribution in [3.8, 4) is 0 Å². The van der Waals surface area contributed by atoms with Gasteiger partial charge in [-0.1, -0.05) is 0 Å². The van der Waals surface area contributed by atoms with E-state index in [-0.39, 0.29) is 12.1 Å². The first kappa shape index (κ1) is 12.2. The van der Waals surface area contributed by atoms with Crippen LogP contribution in [0.25, 0.3) is 0 Å². The summed E-state index contributed by atoms with van der Waals surface area (Å²) in [4.78, 5) is 12.6. The van der Waals surface area contributed by atoms with E-state index in [1.54, 1.807) is 14.1 Å². The van der Waals surface area contributed by atoms with Crippen molar-refractivity contribution in [2.45, 2.75) is 12.1 Å². The number of carbonyl (C=O) groups excluding carboxylic acids is 1. The van der Waals surface area contributed by atoms with Crippen LogP contribution in [-0.2, 0) is 4.74 Å². The van der Waals surface area contributed by atoms with Crippen LogP contribution in [0.1, 0.15) is 0 Å². The van der Waals surface area contributed by atoms with Crippen molar-refractivity contribution in [3.05, 3.63) is 0 Å². The van der Waals surface area contributed by atoms with Gasteiger partial charge in [0.15, 0.2) is 0 Å². The van der Waals surface area contributed by atoms with E-state index >= 15 is 0 Å². The first-order valence-corrected chi connectivity index (χ1v) is 5.05. The summed E-state index contributed by atoms with van der Waals surface area (Å²) in [5.74, 6) is 0. The van der Waals surface area contributed by atoms with Crippen LogP contribution in [0, 0.1) is 0 Å². The van der Waals surface area contributed by atoms with Gasteiger partial charge in [-0.15, -0.1) is 0 Å². The van der Waals surface area contributed by atoms with Crippen molar-refractivity contribution in [1.82, 2.24) is 15.5 Å². The van der Waals surface area contributed by atoms with Gasteiger partial charge < -0.3 is 25.4 Å². The molecule has 2 amide bonds. The van der Waals surface area contributed by atoms with Gasteiger partial charge in [0.2, 0.25) is 0 Å². The van der Waals surface area contributed by atoms with E-state index in [0.717, 1.165) is 0 Å². The molecule has 1 heterocycles. The minimum absolute atomic E-state index is 0.0127. The summed E-state index contributed by atoms with van der Waals surface area (Å²) in [6.07, 6.45) is -0.436. The van der Waals surface area contributed by atoms with Crippen molar-refractivity contribution in [1.29, 1.82) is 0 Å². The average Bonchev–Trinajstić information content (AvgIpc) is 2.58. The van der Waals surface area contributed by atoms with E-state index in [9.17, 15) is 9.90 Å². The van der Waals surface area contributed by atoms with Crippen molar-refractivity contribution in [2.24, 2.45) is 0 Å². The highest BCUT2D eigenvalue weighted by molar-refractivity contribution is 5.73. The third-order valence-electron chi connectivity index (χ3n) is 2.26. The Morgan fingerprint density at radius 1 is 1.47 bits per heavy atom. The minimum Gasteiger partial charge on any atom is -0.389 e. The predicted octanol–water partition coefficient (Wildman–Crippen LogP) is -1.39. The number of nitrogens with zero attached hydrogens (tertiary/aromatic N) is 1. The molecule has 88 valence electrons. The Morgan fingerprint density at radius 2 is 2.20 bits per heavy atom. The van der Waals surface area contributed by atoms with Crippen LogP contribution in [0.5, 0.6) is 0 Å². The van der Waals surface area contributed by atoms with Crippen LogP contribution in [0.2, 0.25) is 0 Å². The van der Waals surface area contributed by atoms with E-state index in [1.807, 2.05) is 0 Å². The number of ether oxygens (including phenoxy) is 1. The number of amides is 2. The molecular weight excluding hydrogens is 198 g/mol. The molecule has 2 unspecified atom stereocenters. The van der Waals surface area contributed by atoms with Crippen molar-refractivity contribution < 1.29 is 14.6 Å². The van der Waals surface area contributed by atoms with Crippen LogP contribution in [0.15, 0.2) is 0 Å². The maximum atomic E-state index is 11.1. The summed E-state index contributed by atoms with van der Waals surface area (Å²) < 4.78 is 5.08. The molecule has 0 bridgehead atoms. The lowest BCUT2D eigenvalue weighted by atomic mass is 10.2. The maximum Gasteiger partial charge on any atom is 0.316 e. The minimum atomic E-state index is -0.436. The molecule has 0 aromatic heterocycles. The van der Waals surface area contributed by atoms with Crippen LogP contribution in [-0.4, -0.2) is 68.6 Å². The van der Waals surface area contributed by atoms with Gasteiger partial charge in [0.25, 0.3) is 0 Å². The number of nitrogens with one attached hydrogen (secondary N) is 2. The molecule has 0 radical (unpaired) electrons. The van der Waals surface area contributed by atoms with E-state index in [4.69, 9.17) is 4.74 Å². The number of hydrogen-bond donors (Lipinski definition) is 3. The lowest BCUT2D eigenvalue weighted by molar-refractivity contribution is 0.122. The molecule has 1 fully saturated rings. The summed E-state index contributed by atoms with van der Waals surface area (Å²) in [5.41, 5.74) is 0. The molecule has 6 heteroatoms. The zero-order chi connectivity index (χ0) is 11.3. The number of rotatable bonds is 4. The number of urea groups is 1. The van der Waals surface area contributed by atoms with Crippen molar-refractivity contribution >= 4 is 6.03 Å². The lowest BCUT2D eigenvalue weighted by Gasteiger charge is -2.16. The standard InChI is InChI=1S/C9H19N3O3/c1-12(2)9(14)11-4-3-10-7-5-15-6-8(7)13/h7-8,10,13H,3-6H2,1-2H3,(H,11,14). The molecule has 0 aliphatic carbocycles. The maximum absolute atomic E-state index is 11.1. The largest absolute Gasteiger partial charge is 0.389 e. The fourth-order valence-electron chi connectivity index (χ4n) is 1.32. The zero-order valence-corrected chi connectivity index (χ0v) is 9.19. The van der Waals surface area contributed by atoms with Gasteiger partial charge in [-0.2, -0.15) is 0 Å². The molecule has 0 aromatic carbocycles. The van der Waals surface area contributed by atoms with E-state index in [1.165, 1.54) is 4.90 Å². The fraction of sp³-hybridized carbons (Fsp3) is 0.889. The summed E-state index contributed by atoms with van der Waals surface area (Å²) in [6.45, 7) is 2.09. The van der Waals surface area contributed by atoms with Crippen molar-refractivity contribution in [3.63, 3.8) is 0 Å². The highest BCUT2D eigenvalue weighted by atomic mass is 16.5. The Kier molecular flexibility index (Phi) is 4.80. The number of aliphatic hydroxyl groups excluding tert-OH is 1. The van der Waals surface area contributed by atoms with E-state index < -0.39 is 6.10 Å². The summed E-state index contributed by atoms with van der Waals surface area (Å²) in [5, 5.41) is 15.2. The number of hydrogen-bond acceptors (Lipinski definition) is 4. The Balaban J connectivity index is 2.04. The van der Waals surface area contributed by atoms with Gasteiger partial charge in [0, 0.05) is 27.2 Å². The zero-order valence-electron chi connectivity index (χ0n) is 9.19. The summed E-state index contributed by atoms with van der Waals surface area (Å²) in [7, 11) is 3.38. The van der Waals surface area contributed by atoms with Gasteiger partial charge >= 0.3 is 6.03 Å². The molecule has 1 saturated heterocycles. The monoisotopic (exact) mass is 217 g/mol. The Bertz CT molecular complexity index is 211. The summed E-state index contributed by atoms with van der Waals surface area (Å²) >= 11 is 0. The average molecular weight is 217 g/mol. The molecule has 1 rings (SSSR count). The number of carbonyl (C=O) groups is 1. The number of aliphatic hydroxyl groups is 1. The quantitative estimate of drug-likeness (QED) is 0.507. The Labute approximate surface area is 89.6 Å². The van der Waals surface area contributed by atoms with Crippen molar-refractivity contribution in [2.75, 3.05) is 40.4 Å². The van der Waals surface area contributed by atoms with Crippen LogP contribution >= 0.6 is 0 Å². The first-order valence-electron chi connectivity index (χ1n) is 5.05. The SMILES string of the molecule is CN(C)C(=O)NCCNC1COCC1O. The Hall–Kier alpha value is -0.850. The van der Waals surface area contributed by atoms with Crippen LogP contribution in [0.3, 0.4) is 0 Å². The fourth-order valence-corrected chi connectivity index (χ4v) is 1.32. The van der Waals surface area contributed by atoms with Gasteiger partial charge in [-0.3, -0.25) is 0 Å². The van der Waals surface area contributed by atoms with Gasteiger partial charge in [0.1, 0.15) is 0 Å². The molecule has 3 N–H and O–H groups in total. The van der Waals surface area contributed by atoms with Crippen LogP contribution in [0.4, 0.5) is 4.79 Å². The molecule has 15 heavy (non-hydrogen) atoms. The van der Waals surface area contributed by atoms with Gasteiger partial charge in [-0.25, -0.2) is 4.79 Å². The van der Waals surface area contributed by atoms with Crippen LogP contribution < -0.4 is 10.6 Å². The molecule has 6 nitrogen and oxygen atoms in total. The van der Waals surface area contributed by atoms with E-state index in [0.29, 0.717) is 26.3 Å². The molecule has 0 aromatic rings. The topological polar surface area (TPSA) is 73.8 Å². The smallest absolute Gasteiger partial charge is 0.316 e. The first-order chi connectivity index (χ1) is 7.11. The highest BCUT2D eigenvalue weighted by Gasteiger charge is 2.24. The second kappa shape index (κ2) is 5.89. The summed E-state index contributed by atoms with van der Waals surface area (Å²) in [6, 6.07) is -0.124. The van der Waals surface area contributed by atoms with E-state index in [2.05, 4.69) is 10.6 Å². The molecule has 0 saturated carbocycles. The third kappa shape index (κ3) is 4.03. The normalized spacial score (nSPS) is 25.3. The predicted molar refractivity (Wildman–Crippen MR) is 55.7 cm³/mol. The second-order valence-electron chi connectivity index (χ2n) is 3.79. The highest BCUT2D eigenvalue weighted by Crippen LogP contribution is 2.03. The molecule has 1 aliphatic heterocycles. The molecular formula is C9H19N3O3. The van der Waals surface area contributed by atoms with Gasteiger partial charge in [-0.05, 0) is 0 Å². The lowest BCUT2D eigenvalue weighted by Crippen LogP contribution is -2.44. The second-order valence-corrected chi connectivity index (χ2v) is 3.79. The Morgan fingerprint density at radius 3 is 2.73 bits per heavy atom. The third-order valence-corrected chi connectivity index (χ3v) is 2.26. The molecule has 2 atom stereocenters. The molecule has 0 spiro atoms.